The monoisotopic (exact) mass is 441 g/mol. The third kappa shape index (κ3) is 4.95. The van der Waals surface area contributed by atoms with Gasteiger partial charge in [0.05, 0.1) is 30.5 Å². The molecule has 164 valence electrons. The van der Waals surface area contributed by atoms with Crippen LogP contribution in [0.15, 0.2) is 53.4 Å². The van der Waals surface area contributed by atoms with E-state index in [-0.39, 0.29) is 13.0 Å². The highest BCUT2D eigenvalue weighted by molar-refractivity contribution is 7.07. The molecule has 0 radical (unpaired) electrons. The van der Waals surface area contributed by atoms with E-state index < -0.39 is 17.2 Å². The number of benzene rings is 2. The minimum Gasteiger partial charge on any atom is -0.496 e. The predicted octanol–water partition coefficient (Wildman–Crippen LogP) is 4.65. The van der Waals surface area contributed by atoms with E-state index in [9.17, 15) is 15.0 Å². The van der Waals surface area contributed by atoms with Crippen molar-refractivity contribution in [3.05, 3.63) is 70.2 Å². The van der Waals surface area contributed by atoms with Crippen molar-refractivity contribution in [2.24, 2.45) is 0 Å². The number of methoxy groups -OCH3 is 1. The van der Waals surface area contributed by atoms with Gasteiger partial charge in [-0.15, -0.1) is 11.3 Å². The van der Waals surface area contributed by atoms with Crippen LogP contribution in [-0.2, 0) is 28.2 Å². The highest BCUT2D eigenvalue weighted by Crippen LogP contribution is 2.37. The molecule has 0 saturated heterocycles. The van der Waals surface area contributed by atoms with E-state index in [1.807, 2.05) is 63.2 Å². The molecule has 0 aliphatic carbocycles. The molecular weight excluding hydrogens is 414 g/mol. The molecule has 0 aliphatic rings. The molecule has 0 amide bonds. The standard InChI is InChI=1S/C24H27NO5S/c1-23(2,3)30-24(22(27)28,20-14-31-15-25-20)12-16-8-10-17(11-9-16)21-18(13-26)6-5-7-19(21)29-4/h5-11,14-15,26H,12-13H2,1-4H3,(H,27,28). The van der Waals surface area contributed by atoms with Gasteiger partial charge in [-0.1, -0.05) is 36.4 Å². The Kier molecular flexibility index (Phi) is 6.79. The first kappa shape index (κ1) is 22.9. The number of carboxylic acids is 1. The summed E-state index contributed by atoms with van der Waals surface area (Å²) in [5.41, 5.74) is 2.95. The van der Waals surface area contributed by atoms with Gasteiger partial charge in [0, 0.05) is 17.4 Å². The Balaban J connectivity index is 2.01. The number of hydrogen-bond donors (Lipinski definition) is 2. The number of hydrogen-bond acceptors (Lipinski definition) is 6. The van der Waals surface area contributed by atoms with Crippen LogP contribution in [0.3, 0.4) is 0 Å². The van der Waals surface area contributed by atoms with Gasteiger partial charge in [0.2, 0.25) is 5.60 Å². The van der Waals surface area contributed by atoms with E-state index in [4.69, 9.17) is 9.47 Å². The van der Waals surface area contributed by atoms with E-state index in [0.29, 0.717) is 11.4 Å². The van der Waals surface area contributed by atoms with Gasteiger partial charge in [-0.25, -0.2) is 9.78 Å². The summed E-state index contributed by atoms with van der Waals surface area (Å²) in [5.74, 6) is -0.414. The lowest BCUT2D eigenvalue weighted by molar-refractivity contribution is -0.188. The summed E-state index contributed by atoms with van der Waals surface area (Å²) < 4.78 is 11.6. The van der Waals surface area contributed by atoms with Crippen LogP contribution in [0.5, 0.6) is 5.75 Å². The number of rotatable bonds is 8. The zero-order valence-electron chi connectivity index (χ0n) is 18.1. The molecule has 0 spiro atoms. The molecule has 1 unspecified atom stereocenters. The van der Waals surface area contributed by atoms with Crippen molar-refractivity contribution in [3.8, 4) is 16.9 Å². The number of thiazole rings is 1. The third-order valence-electron chi connectivity index (χ3n) is 4.87. The first-order valence-electron chi connectivity index (χ1n) is 9.88. The second kappa shape index (κ2) is 9.18. The second-order valence-corrected chi connectivity index (χ2v) is 8.97. The lowest BCUT2D eigenvalue weighted by atomic mass is 9.89. The summed E-state index contributed by atoms with van der Waals surface area (Å²) >= 11 is 1.34. The van der Waals surface area contributed by atoms with Gasteiger partial charge in [0.25, 0.3) is 0 Å². The first-order chi connectivity index (χ1) is 14.7. The van der Waals surface area contributed by atoms with Crippen LogP contribution < -0.4 is 4.74 Å². The number of aromatic nitrogens is 1. The quantitative estimate of drug-likeness (QED) is 0.529. The van der Waals surface area contributed by atoms with Crippen molar-refractivity contribution in [3.63, 3.8) is 0 Å². The Labute approximate surface area is 186 Å². The van der Waals surface area contributed by atoms with E-state index in [1.165, 1.54) is 11.3 Å². The molecule has 0 fully saturated rings. The van der Waals surface area contributed by atoms with Crippen LogP contribution >= 0.6 is 11.3 Å². The molecule has 6 nitrogen and oxygen atoms in total. The van der Waals surface area contributed by atoms with Crippen LogP contribution in [0.1, 0.15) is 37.6 Å². The zero-order valence-corrected chi connectivity index (χ0v) is 18.9. The second-order valence-electron chi connectivity index (χ2n) is 8.25. The molecule has 7 heteroatoms. The molecule has 1 heterocycles. The molecule has 31 heavy (non-hydrogen) atoms. The number of carboxylic acid groups (broad SMARTS) is 1. The molecule has 3 aromatic rings. The molecule has 2 aromatic carbocycles. The van der Waals surface area contributed by atoms with Crippen LogP contribution in [0, 0.1) is 0 Å². The largest absolute Gasteiger partial charge is 0.496 e. The molecule has 0 saturated carbocycles. The number of aliphatic carboxylic acids is 1. The van der Waals surface area contributed by atoms with Crippen molar-refractivity contribution in [2.75, 3.05) is 7.11 Å². The SMILES string of the molecule is COc1cccc(CO)c1-c1ccc(CC(OC(C)(C)C)(C(=O)O)c2cscn2)cc1. The van der Waals surface area contributed by atoms with Gasteiger partial charge < -0.3 is 19.7 Å². The van der Waals surface area contributed by atoms with Crippen molar-refractivity contribution < 1.29 is 24.5 Å². The molecule has 1 aromatic heterocycles. The number of aliphatic hydroxyl groups excluding tert-OH is 1. The Morgan fingerprint density at radius 1 is 1.13 bits per heavy atom. The van der Waals surface area contributed by atoms with Gasteiger partial charge in [-0.05, 0) is 43.5 Å². The van der Waals surface area contributed by atoms with Crippen molar-refractivity contribution in [1.82, 2.24) is 4.98 Å². The highest BCUT2D eigenvalue weighted by Gasteiger charge is 2.46. The maximum absolute atomic E-state index is 12.5. The fourth-order valence-electron chi connectivity index (χ4n) is 3.63. The van der Waals surface area contributed by atoms with Crippen LogP contribution in [0.2, 0.25) is 0 Å². The van der Waals surface area contributed by atoms with Gasteiger partial charge in [-0.3, -0.25) is 0 Å². The molecule has 2 N–H and O–H groups in total. The first-order valence-corrected chi connectivity index (χ1v) is 10.8. The lowest BCUT2D eigenvalue weighted by Gasteiger charge is -2.35. The maximum Gasteiger partial charge on any atom is 0.342 e. The fraction of sp³-hybridized carbons (Fsp3) is 0.333. The summed E-state index contributed by atoms with van der Waals surface area (Å²) in [5, 5.41) is 21.6. The van der Waals surface area contributed by atoms with Crippen LogP contribution in [-0.4, -0.2) is 33.9 Å². The minimum absolute atomic E-state index is 0.111. The number of aliphatic hydroxyl groups is 1. The average Bonchev–Trinajstić information content (AvgIpc) is 3.27. The van der Waals surface area contributed by atoms with E-state index in [1.54, 1.807) is 18.0 Å². The van der Waals surface area contributed by atoms with E-state index in [2.05, 4.69) is 4.98 Å². The van der Waals surface area contributed by atoms with Crippen molar-refractivity contribution >= 4 is 17.3 Å². The Bertz CT molecular complexity index is 1000. The van der Waals surface area contributed by atoms with E-state index >= 15 is 0 Å². The van der Waals surface area contributed by atoms with Crippen LogP contribution in [0.4, 0.5) is 0 Å². The normalized spacial score (nSPS) is 13.6. The summed E-state index contributed by atoms with van der Waals surface area (Å²) in [7, 11) is 1.59. The highest BCUT2D eigenvalue weighted by atomic mass is 32.1. The molecular formula is C24H27NO5S. The van der Waals surface area contributed by atoms with E-state index in [0.717, 1.165) is 22.3 Å². The van der Waals surface area contributed by atoms with Gasteiger partial charge in [0.1, 0.15) is 5.75 Å². The average molecular weight is 442 g/mol. The van der Waals surface area contributed by atoms with Gasteiger partial charge >= 0.3 is 5.97 Å². The summed E-state index contributed by atoms with van der Waals surface area (Å²) in [6.45, 7) is 5.38. The Morgan fingerprint density at radius 3 is 2.35 bits per heavy atom. The number of ether oxygens (including phenoxy) is 2. The Morgan fingerprint density at radius 2 is 1.84 bits per heavy atom. The maximum atomic E-state index is 12.5. The predicted molar refractivity (Wildman–Crippen MR) is 120 cm³/mol. The summed E-state index contributed by atoms with van der Waals surface area (Å²) in [4.78, 5) is 16.7. The lowest BCUT2D eigenvalue weighted by Crippen LogP contribution is -2.46. The van der Waals surface area contributed by atoms with Crippen LogP contribution in [0.25, 0.3) is 11.1 Å². The molecule has 0 aliphatic heterocycles. The minimum atomic E-state index is -1.60. The fourth-order valence-corrected chi connectivity index (χ4v) is 4.24. The molecule has 1 atom stereocenters. The smallest absolute Gasteiger partial charge is 0.342 e. The van der Waals surface area contributed by atoms with Crippen molar-refractivity contribution in [2.45, 2.75) is 45.0 Å². The molecule has 3 rings (SSSR count). The van der Waals surface area contributed by atoms with Gasteiger partial charge in [-0.2, -0.15) is 0 Å². The van der Waals surface area contributed by atoms with Crippen molar-refractivity contribution in [1.29, 1.82) is 0 Å². The zero-order chi connectivity index (χ0) is 22.6. The summed E-state index contributed by atoms with van der Waals surface area (Å²) in [6.07, 6.45) is 0.127. The number of carbonyl (C=O) groups is 1. The molecule has 0 bridgehead atoms. The Hall–Kier alpha value is -2.74. The summed E-state index contributed by atoms with van der Waals surface area (Å²) in [6, 6.07) is 13.1. The third-order valence-corrected chi connectivity index (χ3v) is 5.46. The number of nitrogens with zero attached hydrogens (tertiary/aromatic N) is 1. The van der Waals surface area contributed by atoms with Gasteiger partial charge in [0.15, 0.2) is 0 Å². The topological polar surface area (TPSA) is 88.9 Å².